The van der Waals surface area contributed by atoms with Crippen molar-refractivity contribution in [3.05, 3.63) is 80.4 Å². The van der Waals surface area contributed by atoms with Crippen LogP contribution < -0.4 is 0 Å². The van der Waals surface area contributed by atoms with E-state index in [4.69, 9.17) is 4.74 Å². The maximum absolute atomic E-state index is 12.6. The highest BCUT2D eigenvalue weighted by molar-refractivity contribution is 7.12. The van der Waals surface area contributed by atoms with E-state index < -0.39 is 5.97 Å². The van der Waals surface area contributed by atoms with Gasteiger partial charge in [-0.05, 0) is 42.0 Å². The van der Waals surface area contributed by atoms with Crippen LogP contribution in [0.1, 0.15) is 28.1 Å². The van der Waals surface area contributed by atoms with Gasteiger partial charge in [0.15, 0.2) is 7.11 Å². The molecule has 2 aromatic rings. The summed E-state index contributed by atoms with van der Waals surface area (Å²) in [6, 6.07) is 10.0. The third-order valence-corrected chi connectivity index (χ3v) is 4.91. The van der Waals surface area contributed by atoms with Crippen molar-refractivity contribution in [2.45, 2.75) is 19.4 Å². The van der Waals surface area contributed by atoms with Crippen molar-refractivity contribution in [3.63, 3.8) is 0 Å². The van der Waals surface area contributed by atoms with Gasteiger partial charge in [-0.1, -0.05) is 18.2 Å². The van der Waals surface area contributed by atoms with Crippen LogP contribution in [0, 0.1) is 4.91 Å². The van der Waals surface area contributed by atoms with Gasteiger partial charge in [-0.3, -0.25) is 4.79 Å². The van der Waals surface area contributed by atoms with Gasteiger partial charge in [0.1, 0.15) is 6.61 Å². The van der Waals surface area contributed by atoms with Crippen LogP contribution in [0.15, 0.2) is 65.1 Å². The molecule has 0 spiro atoms. The van der Waals surface area contributed by atoms with E-state index >= 15 is 0 Å². The van der Waals surface area contributed by atoms with E-state index in [1.54, 1.807) is 48.6 Å². The second kappa shape index (κ2) is 8.55. The largest absolute Gasteiger partial charge is 0.457 e. The number of hydrogen-bond acceptors (Lipinski definition) is 6. The summed E-state index contributed by atoms with van der Waals surface area (Å²) < 4.78 is 5.37. The lowest BCUT2D eigenvalue weighted by molar-refractivity contribution is -0.736. The van der Waals surface area contributed by atoms with Gasteiger partial charge in [0.2, 0.25) is 5.78 Å². The highest BCUT2D eigenvalue weighted by Gasteiger charge is 2.25. The molecule has 1 heterocycles. The molecule has 0 atom stereocenters. The van der Waals surface area contributed by atoms with Crippen molar-refractivity contribution in [1.29, 1.82) is 0 Å². The molecule has 3 rings (SSSR count). The molecule has 1 aromatic heterocycles. The number of carbonyl (C=O) groups excluding carboxylic acids is 2. The Morgan fingerprint density at radius 3 is 2.41 bits per heavy atom. The molecule has 0 amide bonds. The lowest BCUT2D eigenvalue weighted by Crippen LogP contribution is -2.16. The standard InChI is InChI=1S/C20H18NO5S/c1-25-21(24)15-10-8-14(9-11-15)13-26-20(23)17-6-3-2-5-16(17)19(22)18-7-4-12-27-18/h4-12H,2-3,13H2,1H3/q+1. The fourth-order valence-electron chi connectivity index (χ4n) is 2.67. The first kappa shape index (κ1) is 18.7. The van der Waals surface area contributed by atoms with Crippen LogP contribution in [0.3, 0.4) is 0 Å². The summed E-state index contributed by atoms with van der Waals surface area (Å²) in [5, 5.41) is 1.83. The van der Waals surface area contributed by atoms with Crippen LogP contribution in [0.5, 0.6) is 0 Å². The summed E-state index contributed by atoms with van der Waals surface area (Å²) in [4.78, 5) is 42.1. The van der Waals surface area contributed by atoms with Gasteiger partial charge < -0.3 is 4.74 Å². The second-order valence-corrected chi connectivity index (χ2v) is 6.75. The molecule has 6 nitrogen and oxygen atoms in total. The molecule has 0 aliphatic heterocycles. The van der Waals surface area contributed by atoms with Crippen molar-refractivity contribution in [1.82, 2.24) is 0 Å². The van der Waals surface area contributed by atoms with Crippen molar-refractivity contribution in [2.24, 2.45) is 0 Å². The quantitative estimate of drug-likeness (QED) is 0.404. The zero-order valence-corrected chi connectivity index (χ0v) is 15.5. The van der Waals surface area contributed by atoms with Gasteiger partial charge in [0.05, 0.1) is 15.4 Å². The van der Waals surface area contributed by atoms with Crippen LogP contribution >= 0.6 is 11.3 Å². The number of nitrogens with zero attached hydrogens (tertiary/aromatic N) is 1. The van der Waals surface area contributed by atoms with Crippen molar-refractivity contribution >= 4 is 28.8 Å². The first-order valence-electron chi connectivity index (χ1n) is 8.36. The van der Waals surface area contributed by atoms with Gasteiger partial charge in [0.25, 0.3) is 4.92 Å². The number of esters is 1. The Hall–Kier alpha value is -3.06. The summed E-state index contributed by atoms with van der Waals surface area (Å²) in [6.07, 6.45) is 4.95. The maximum Gasteiger partial charge on any atom is 0.338 e. The minimum Gasteiger partial charge on any atom is -0.457 e. The van der Waals surface area contributed by atoms with E-state index in [2.05, 4.69) is 4.84 Å². The van der Waals surface area contributed by atoms with E-state index in [0.717, 1.165) is 12.0 Å². The van der Waals surface area contributed by atoms with Gasteiger partial charge in [-0.25, -0.2) is 9.63 Å². The summed E-state index contributed by atoms with van der Waals surface area (Å²) in [7, 11) is 1.28. The highest BCUT2D eigenvalue weighted by Crippen LogP contribution is 2.26. The van der Waals surface area contributed by atoms with Crippen LogP contribution in [0.2, 0.25) is 0 Å². The molecular weight excluding hydrogens is 366 g/mol. The predicted molar refractivity (Wildman–Crippen MR) is 101 cm³/mol. The first-order valence-corrected chi connectivity index (χ1v) is 9.24. The first-order chi connectivity index (χ1) is 13.1. The summed E-state index contributed by atoms with van der Waals surface area (Å²) in [6.45, 7) is 0.0444. The smallest absolute Gasteiger partial charge is 0.338 e. The fraction of sp³-hybridized carbons (Fsp3) is 0.200. The lowest BCUT2D eigenvalue weighted by atomic mass is 9.94. The number of allylic oxidation sites excluding steroid dienone is 2. The molecule has 0 unspecified atom stereocenters. The normalized spacial score (nSPS) is 13.4. The van der Waals surface area contributed by atoms with E-state index in [9.17, 15) is 14.5 Å². The van der Waals surface area contributed by atoms with Crippen molar-refractivity contribution in [2.75, 3.05) is 7.11 Å². The molecule has 7 heteroatoms. The Morgan fingerprint density at radius 1 is 1.07 bits per heavy atom. The van der Waals surface area contributed by atoms with Gasteiger partial charge in [0, 0.05) is 17.7 Å². The minimum atomic E-state index is -0.530. The average molecular weight is 384 g/mol. The fourth-order valence-corrected chi connectivity index (χ4v) is 3.35. The zero-order chi connectivity index (χ0) is 19.2. The number of rotatable bonds is 7. The molecule has 0 saturated heterocycles. The third-order valence-electron chi connectivity index (χ3n) is 4.05. The number of Topliss-reactive ketones (excluding diaryl/α,β-unsaturated/α-hetero) is 1. The Bertz CT molecular complexity index is 910. The van der Waals surface area contributed by atoms with E-state index in [1.807, 2.05) is 5.38 Å². The SMILES string of the molecule is CO[N+](=O)c1ccc(COC(=O)C2=CCCC=C2C(=O)c2cccs2)cc1. The number of benzene rings is 1. The molecule has 0 saturated carbocycles. The number of ether oxygens (including phenoxy) is 1. The third kappa shape index (κ3) is 4.38. The Balaban J connectivity index is 1.66. The Kier molecular flexibility index (Phi) is 5.93. The average Bonchev–Trinajstić information content (AvgIpc) is 3.26. The molecule has 0 radical (unpaired) electrons. The van der Waals surface area contributed by atoms with Crippen molar-refractivity contribution in [3.8, 4) is 0 Å². The maximum atomic E-state index is 12.6. The number of hydrogen-bond donors (Lipinski definition) is 0. The lowest BCUT2D eigenvalue weighted by Gasteiger charge is -2.14. The summed E-state index contributed by atoms with van der Waals surface area (Å²) in [5.74, 6) is -0.690. The van der Waals surface area contributed by atoms with Crippen LogP contribution in [-0.4, -0.2) is 23.8 Å². The molecule has 138 valence electrons. The van der Waals surface area contributed by atoms with Gasteiger partial charge >= 0.3 is 11.7 Å². The number of carbonyl (C=O) groups is 2. The minimum absolute atomic E-state index is 0.0444. The topological polar surface area (TPSA) is 72.7 Å². The molecule has 1 aromatic carbocycles. The molecule has 27 heavy (non-hydrogen) atoms. The molecule has 0 fully saturated rings. The summed E-state index contributed by atoms with van der Waals surface area (Å²) in [5.41, 5.74) is 1.77. The summed E-state index contributed by atoms with van der Waals surface area (Å²) >= 11 is 1.34. The molecular formula is C20H18NO5S+. The zero-order valence-electron chi connectivity index (χ0n) is 14.7. The van der Waals surface area contributed by atoms with E-state index in [1.165, 1.54) is 18.4 Å². The Morgan fingerprint density at radius 2 is 1.78 bits per heavy atom. The highest BCUT2D eigenvalue weighted by atomic mass is 32.1. The predicted octanol–water partition coefficient (Wildman–Crippen LogP) is 4.29. The second-order valence-electron chi connectivity index (χ2n) is 5.80. The Labute approximate surface area is 160 Å². The number of thiophene rings is 1. The number of ketones is 1. The van der Waals surface area contributed by atoms with Crippen LogP contribution in [0.25, 0.3) is 0 Å². The van der Waals surface area contributed by atoms with Crippen molar-refractivity contribution < 1.29 is 24.1 Å². The molecule has 1 aliphatic carbocycles. The van der Waals surface area contributed by atoms with Crippen LogP contribution in [-0.2, 0) is 21.0 Å². The monoisotopic (exact) mass is 384 g/mol. The van der Waals surface area contributed by atoms with E-state index in [0.29, 0.717) is 33.1 Å². The molecule has 0 N–H and O–H groups in total. The van der Waals surface area contributed by atoms with Gasteiger partial charge in [-0.15, -0.1) is 11.3 Å². The molecule has 0 bridgehead atoms. The van der Waals surface area contributed by atoms with E-state index in [-0.39, 0.29) is 12.4 Å². The van der Waals surface area contributed by atoms with Gasteiger partial charge in [-0.2, -0.15) is 0 Å². The molecule has 1 aliphatic rings. The van der Waals surface area contributed by atoms with Crippen LogP contribution in [0.4, 0.5) is 5.69 Å².